The van der Waals surface area contributed by atoms with Crippen molar-refractivity contribution >= 4 is 27.3 Å². The van der Waals surface area contributed by atoms with Gasteiger partial charge in [-0.2, -0.15) is 24.5 Å². The van der Waals surface area contributed by atoms with E-state index in [2.05, 4.69) is 21.7 Å². The number of likely N-dealkylation sites (tertiary alicyclic amines) is 1. The Labute approximate surface area is 184 Å². The number of halogens is 3. The van der Waals surface area contributed by atoms with Gasteiger partial charge in [0.1, 0.15) is 0 Å². The van der Waals surface area contributed by atoms with Crippen LogP contribution >= 0.6 is 11.3 Å². The van der Waals surface area contributed by atoms with Gasteiger partial charge in [0.25, 0.3) is 0 Å². The van der Waals surface area contributed by atoms with Crippen LogP contribution in [0.5, 0.6) is 0 Å². The molecule has 1 N–H and O–H groups in total. The fourth-order valence-electron chi connectivity index (χ4n) is 4.29. The summed E-state index contributed by atoms with van der Waals surface area (Å²) in [5, 5.41) is 11.5. The highest BCUT2D eigenvalue weighted by molar-refractivity contribution is 7.89. The average Bonchev–Trinajstić information content (AvgIpc) is 3.31. The van der Waals surface area contributed by atoms with Crippen LogP contribution in [0.15, 0.2) is 16.8 Å². The number of aliphatic carboxylic acids is 1. The summed E-state index contributed by atoms with van der Waals surface area (Å²) < 4.78 is 63.2. The molecular weight excluding hydrogens is 457 g/mol. The summed E-state index contributed by atoms with van der Waals surface area (Å²) in [6.45, 7) is 6.89. The van der Waals surface area contributed by atoms with Crippen LogP contribution in [0, 0.1) is 11.3 Å². The molecule has 2 saturated heterocycles. The van der Waals surface area contributed by atoms with Crippen molar-refractivity contribution in [1.82, 2.24) is 9.21 Å². The summed E-state index contributed by atoms with van der Waals surface area (Å²) in [4.78, 5) is 11.4. The van der Waals surface area contributed by atoms with Gasteiger partial charge in [-0.3, -0.25) is 4.90 Å². The van der Waals surface area contributed by atoms with Gasteiger partial charge in [0.05, 0.1) is 12.4 Å². The highest BCUT2D eigenvalue weighted by Gasteiger charge is 2.48. The second-order valence-corrected chi connectivity index (χ2v) is 11.0. The van der Waals surface area contributed by atoms with Crippen molar-refractivity contribution in [2.45, 2.75) is 32.5 Å². The van der Waals surface area contributed by atoms with Gasteiger partial charge in [-0.15, -0.1) is 0 Å². The Kier molecular flexibility index (Phi) is 8.91. The number of rotatable bonds is 6. The molecule has 0 radical (unpaired) electrons. The second kappa shape index (κ2) is 10.6. The lowest BCUT2D eigenvalue weighted by molar-refractivity contribution is -0.192. The summed E-state index contributed by atoms with van der Waals surface area (Å²) in [7, 11) is -1.29. The molecule has 0 saturated carbocycles. The van der Waals surface area contributed by atoms with E-state index < -0.39 is 22.2 Å². The molecule has 2 aliphatic rings. The Bertz CT molecular complexity index is 807. The van der Waals surface area contributed by atoms with Crippen molar-refractivity contribution in [3.05, 3.63) is 22.4 Å². The van der Waals surface area contributed by atoms with Crippen molar-refractivity contribution in [1.29, 1.82) is 0 Å². The summed E-state index contributed by atoms with van der Waals surface area (Å²) in [5.41, 5.74) is 1.57. The van der Waals surface area contributed by atoms with Crippen LogP contribution in [0.1, 0.15) is 25.3 Å². The van der Waals surface area contributed by atoms with E-state index in [9.17, 15) is 21.6 Å². The molecule has 0 aliphatic carbocycles. The Morgan fingerprint density at radius 3 is 2.42 bits per heavy atom. The minimum atomic E-state index is -5.08. The topological polar surface area (TPSA) is 87.2 Å². The molecule has 3 rings (SSSR count). The molecule has 2 aliphatic heterocycles. The van der Waals surface area contributed by atoms with E-state index >= 15 is 0 Å². The van der Waals surface area contributed by atoms with E-state index in [-0.39, 0.29) is 11.2 Å². The molecule has 0 amide bonds. The lowest BCUT2D eigenvalue weighted by atomic mass is 9.71. The fraction of sp³-hybridized carbons (Fsp3) is 0.737. The Balaban J connectivity index is 0.000000423. The van der Waals surface area contributed by atoms with Gasteiger partial charge in [0.15, 0.2) is 0 Å². The Hall–Kier alpha value is -1.21. The van der Waals surface area contributed by atoms with Gasteiger partial charge in [0, 0.05) is 45.8 Å². The van der Waals surface area contributed by atoms with Gasteiger partial charge in [-0.25, -0.2) is 17.5 Å². The van der Waals surface area contributed by atoms with Crippen LogP contribution in [-0.2, 0) is 26.1 Å². The number of carboxylic acid groups (broad SMARTS) is 1. The molecule has 0 bridgehead atoms. The number of alkyl halides is 3. The first kappa shape index (κ1) is 26.0. The molecule has 178 valence electrons. The number of hydrogen-bond donors (Lipinski definition) is 1. The van der Waals surface area contributed by atoms with Crippen molar-refractivity contribution in [2.24, 2.45) is 11.3 Å². The van der Waals surface area contributed by atoms with Crippen LogP contribution in [0.3, 0.4) is 0 Å². The fourth-order valence-corrected chi connectivity index (χ4v) is 6.06. The van der Waals surface area contributed by atoms with Crippen molar-refractivity contribution in [2.75, 3.05) is 45.6 Å². The highest BCUT2D eigenvalue weighted by Crippen LogP contribution is 2.45. The number of hydrogen-bond acceptors (Lipinski definition) is 6. The quantitative estimate of drug-likeness (QED) is 0.666. The third kappa shape index (κ3) is 6.88. The zero-order valence-corrected chi connectivity index (χ0v) is 19.2. The number of piperidine rings is 1. The molecule has 1 aromatic rings. The Morgan fingerprint density at radius 2 is 1.97 bits per heavy atom. The minimum Gasteiger partial charge on any atom is -0.475 e. The summed E-state index contributed by atoms with van der Waals surface area (Å²) in [6.07, 6.45) is -3.19. The Morgan fingerprint density at radius 1 is 1.35 bits per heavy atom. The normalized spacial score (nSPS) is 22.3. The smallest absolute Gasteiger partial charge is 0.475 e. The van der Waals surface area contributed by atoms with Crippen LogP contribution in [0.25, 0.3) is 0 Å². The van der Waals surface area contributed by atoms with E-state index in [0.717, 1.165) is 39.1 Å². The van der Waals surface area contributed by atoms with E-state index in [1.807, 2.05) is 0 Å². The third-order valence-electron chi connectivity index (χ3n) is 5.96. The number of sulfonamides is 1. The van der Waals surface area contributed by atoms with Crippen LogP contribution in [0.4, 0.5) is 13.2 Å². The molecule has 7 nitrogen and oxygen atoms in total. The summed E-state index contributed by atoms with van der Waals surface area (Å²) >= 11 is 1.74. The number of methoxy groups -OCH3 is 1. The maximum absolute atomic E-state index is 12.1. The predicted octanol–water partition coefficient (Wildman–Crippen LogP) is 2.89. The number of carboxylic acids is 1. The number of ether oxygens (including phenoxy) is 1. The van der Waals surface area contributed by atoms with Gasteiger partial charge in [-0.1, -0.05) is 0 Å². The van der Waals surface area contributed by atoms with Crippen molar-refractivity contribution in [3.63, 3.8) is 0 Å². The minimum absolute atomic E-state index is 0.200. The molecule has 12 heteroatoms. The van der Waals surface area contributed by atoms with E-state index in [0.29, 0.717) is 19.0 Å². The van der Waals surface area contributed by atoms with Gasteiger partial charge in [0.2, 0.25) is 10.0 Å². The monoisotopic (exact) mass is 486 g/mol. The number of thiophene rings is 1. The molecular formula is C19H29F3N2O5S2. The summed E-state index contributed by atoms with van der Waals surface area (Å²) in [5.74, 6) is -2.06. The van der Waals surface area contributed by atoms with Crippen molar-refractivity contribution < 1.29 is 36.2 Å². The van der Waals surface area contributed by atoms with E-state index in [4.69, 9.17) is 14.6 Å². The summed E-state index contributed by atoms with van der Waals surface area (Å²) in [6, 6.07) is 2.19. The van der Waals surface area contributed by atoms with E-state index in [1.54, 1.807) is 29.7 Å². The SMILES string of the molecule is CCS(=O)(=O)N1CCC2(CC1)CN(Cc1ccsc1)CC2COC.O=C(O)C(F)(F)F. The largest absolute Gasteiger partial charge is 0.490 e. The molecule has 3 heterocycles. The first-order valence-electron chi connectivity index (χ1n) is 9.94. The first-order chi connectivity index (χ1) is 14.4. The maximum Gasteiger partial charge on any atom is 0.490 e. The van der Waals surface area contributed by atoms with Gasteiger partial charge < -0.3 is 9.84 Å². The first-order valence-corrected chi connectivity index (χ1v) is 12.5. The maximum atomic E-state index is 12.1. The average molecular weight is 487 g/mol. The third-order valence-corrected chi connectivity index (χ3v) is 8.57. The molecule has 1 unspecified atom stereocenters. The van der Waals surface area contributed by atoms with Crippen LogP contribution < -0.4 is 0 Å². The van der Waals surface area contributed by atoms with Gasteiger partial charge in [-0.05, 0) is 47.6 Å². The van der Waals surface area contributed by atoms with E-state index in [1.165, 1.54) is 5.56 Å². The lowest BCUT2D eigenvalue weighted by Crippen LogP contribution is -2.47. The molecule has 2 fully saturated rings. The molecule has 31 heavy (non-hydrogen) atoms. The van der Waals surface area contributed by atoms with Gasteiger partial charge >= 0.3 is 12.1 Å². The lowest BCUT2D eigenvalue weighted by Gasteiger charge is -2.42. The molecule has 1 aromatic heterocycles. The highest BCUT2D eigenvalue weighted by atomic mass is 32.2. The molecule has 0 aromatic carbocycles. The molecule has 1 atom stereocenters. The standard InChI is InChI=1S/C17H28N2O3S2.C2HF3O2/c1-3-24(20,21)19-7-5-17(6-8-19)14-18(11-16(17)12-22-2)10-15-4-9-23-13-15;3-2(4,5)1(6)7/h4,9,13,16H,3,5-8,10-12,14H2,1-2H3;(H,6,7). The van der Waals surface area contributed by atoms with Crippen LogP contribution in [-0.4, -0.2) is 80.5 Å². The number of nitrogens with zero attached hydrogens (tertiary/aromatic N) is 2. The predicted molar refractivity (Wildman–Crippen MR) is 111 cm³/mol. The molecule has 1 spiro atoms. The second-order valence-electron chi connectivity index (χ2n) is 7.92. The number of carbonyl (C=O) groups is 1. The zero-order chi connectivity index (χ0) is 23.3. The van der Waals surface area contributed by atoms with Crippen molar-refractivity contribution in [3.8, 4) is 0 Å². The zero-order valence-electron chi connectivity index (χ0n) is 17.6. The van der Waals surface area contributed by atoms with Crippen LogP contribution in [0.2, 0.25) is 0 Å².